The fourth-order valence-electron chi connectivity index (χ4n) is 4.14. The topological polar surface area (TPSA) is 39.1 Å². The largest absolute Gasteiger partial charge is 0.337 e. The van der Waals surface area contributed by atoms with Crippen LogP contribution in [0.1, 0.15) is 37.5 Å². The van der Waals surface area contributed by atoms with Gasteiger partial charge >= 0.3 is 0 Å². The summed E-state index contributed by atoms with van der Waals surface area (Å²) < 4.78 is 28.6. The summed E-state index contributed by atoms with van der Waals surface area (Å²) in [6.07, 6.45) is 0.728. The first-order chi connectivity index (χ1) is 15.0. The smallest absolute Gasteiger partial charge is 0.209 e. The van der Waals surface area contributed by atoms with Gasteiger partial charge in [-0.3, -0.25) is 9.59 Å². The summed E-state index contributed by atoms with van der Waals surface area (Å²) >= 11 is 0. The highest BCUT2D eigenvalue weighted by molar-refractivity contribution is 6.16. The molecule has 0 atom stereocenters. The molecule has 0 saturated heterocycles. The van der Waals surface area contributed by atoms with Gasteiger partial charge in [0.25, 0.3) is 0 Å². The Morgan fingerprint density at radius 2 is 1.32 bits per heavy atom. The average molecular weight is 413 g/mol. The van der Waals surface area contributed by atoms with Crippen molar-refractivity contribution in [2.75, 3.05) is 0 Å². The highest BCUT2D eigenvalue weighted by atomic mass is 19.1. The summed E-state index contributed by atoms with van der Waals surface area (Å²) in [5.41, 5.74) is 4.15. The van der Waals surface area contributed by atoms with E-state index in [2.05, 4.69) is 0 Å². The summed E-state index contributed by atoms with van der Waals surface area (Å²) in [4.78, 5) is 26.6. The second-order valence-corrected chi connectivity index (χ2v) is 7.52. The lowest BCUT2D eigenvalue weighted by molar-refractivity contribution is 0.102. The van der Waals surface area contributed by atoms with Crippen LogP contribution in [0, 0.1) is 11.6 Å². The normalized spacial score (nSPS) is 12.2. The molecule has 5 rings (SSSR count). The van der Waals surface area contributed by atoms with Gasteiger partial charge in [0.2, 0.25) is 5.78 Å². The number of fused-ring (bicyclic) bond motifs is 3. The van der Waals surface area contributed by atoms with Gasteiger partial charge in [0, 0.05) is 28.8 Å². The Bertz CT molecular complexity index is 1320. The number of rotatable bonds is 4. The highest BCUT2D eigenvalue weighted by Gasteiger charge is 2.29. The summed E-state index contributed by atoms with van der Waals surface area (Å²) in [5.74, 6) is -1.40. The molecule has 5 heteroatoms. The summed E-state index contributed by atoms with van der Waals surface area (Å²) in [6, 6.07) is 20.1. The standard InChI is InChI=1S/C26H17F2NO2/c27-19-9-5-17(6-10-19)25(30)22-15-23(26(31)18-7-11-20(28)12-8-18)29-14-13-16-3-1-2-4-21(16)24(22)29/h1-12,15H,13-14H2. The van der Waals surface area contributed by atoms with Crippen LogP contribution in [0.5, 0.6) is 0 Å². The van der Waals surface area contributed by atoms with Crippen molar-refractivity contribution >= 4 is 11.6 Å². The Balaban J connectivity index is 1.70. The van der Waals surface area contributed by atoms with Gasteiger partial charge in [-0.25, -0.2) is 8.78 Å². The third-order valence-electron chi connectivity index (χ3n) is 5.66. The molecule has 0 bridgehead atoms. The Kier molecular flexibility index (Phi) is 4.59. The number of halogens is 2. The monoisotopic (exact) mass is 413 g/mol. The lowest BCUT2D eigenvalue weighted by Gasteiger charge is -2.22. The number of hydrogen-bond acceptors (Lipinski definition) is 2. The molecule has 0 fully saturated rings. The quantitative estimate of drug-likeness (QED) is 0.417. The molecule has 152 valence electrons. The van der Waals surface area contributed by atoms with Crippen molar-refractivity contribution < 1.29 is 18.4 Å². The van der Waals surface area contributed by atoms with E-state index in [-0.39, 0.29) is 11.6 Å². The van der Waals surface area contributed by atoms with Crippen LogP contribution in [0.15, 0.2) is 78.9 Å². The molecule has 0 unspecified atom stereocenters. The Morgan fingerprint density at radius 1 is 0.742 bits per heavy atom. The molecule has 1 aliphatic heterocycles. The van der Waals surface area contributed by atoms with Crippen molar-refractivity contribution in [3.05, 3.63) is 118 Å². The molecule has 0 radical (unpaired) electrons. The maximum Gasteiger partial charge on any atom is 0.209 e. The van der Waals surface area contributed by atoms with Crippen LogP contribution < -0.4 is 0 Å². The first-order valence-electron chi connectivity index (χ1n) is 9.95. The molecule has 1 aliphatic rings. The van der Waals surface area contributed by atoms with E-state index >= 15 is 0 Å². The third-order valence-corrected chi connectivity index (χ3v) is 5.66. The lowest BCUT2D eigenvalue weighted by Crippen LogP contribution is -2.17. The van der Waals surface area contributed by atoms with E-state index < -0.39 is 11.6 Å². The Labute approximate surface area is 177 Å². The van der Waals surface area contributed by atoms with Gasteiger partial charge in [-0.1, -0.05) is 24.3 Å². The lowest BCUT2D eigenvalue weighted by atomic mass is 9.94. The van der Waals surface area contributed by atoms with Crippen molar-refractivity contribution in [1.82, 2.24) is 4.57 Å². The van der Waals surface area contributed by atoms with Gasteiger partial charge in [0.1, 0.15) is 11.6 Å². The highest BCUT2D eigenvalue weighted by Crippen LogP contribution is 2.36. The molecule has 0 aliphatic carbocycles. The van der Waals surface area contributed by atoms with Crippen LogP contribution in [0.25, 0.3) is 11.3 Å². The Morgan fingerprint density at radius 3 is 1.97 bits per heavy atom. The number of ketones is 2. The van der Waals surface area contributed by atoms with Gasteiger partial charge in [-0.05, 0) is 66.6 Å². The van der Waals surface area contributed by atoms with Crippen LogP contribution in [-0.2, 0) is 13.0 Å². The van der Waals surface area contributed by atoms with Gasteiger partial charge in [-0.15, -0.1) is 0 Å². The zero-order valence-corrected chi connectivity index (χ0v) is 16.4. The molecule has 3 nitrogen and oxygen atoms in total. The van der Waals surface area contributed by atoms with E-state index in [9.17, 15) is 18.4 Å². The number of benzene rings is 3. The molecule has 4 aromatic rings. The van der Waals surface area contributed by atoms with Gasteiger partial charge in [0.15, 0.2) is 5.78 Å². The van der Waals surface area contributed by atoms with Crippen molar-refractivity contribution in [3.63, 3.8) is 0 Å². The van der Waals surface area contributed by atoms with Crippen LogP contribution in [-0.4, -0.2) is 16.1 Å². The molecule has 0 saturated carbocycles. The summed E-state index contributed by atoms with van der Waals surface area (Å²) in [7, 11) is 0. The SMILES string of the molecule is O=C(c1ccc(F)cc1)c1cc(C(=O)c2ccc(F)cc2)n2c1-c1ccccc1CC2. The number of carbonyl (C=O) groups is 2. The van der Waals surface area contributed by atoms with E-state index in [1.807, 2.05) is 28.8 Å². The first-order valence-corrected chi connectivity index (χ1v) is 9.95. The number of aryl methyl sites for hydroxylation is 1. The molecule has 0 N–H and O–H groups in total. The number of nitrogens with zero attached hydrogens (tertiary/aromatic N) is 1. The maximum absolute atomic E-state index is 13.4. The maximum atomic E-state index is 13.4. The molecule has 0 spiro atoms. The van der Waals surface area contributed by atoms with Crippen LogP contribution in [0.2, 0.25) is 0 Å². The van der Waals surface area contributed by atoms with Crippen LogP contribution >= 0.6 is 0 Å². The fraction of sp³-hybridized carbons (Fsp3) is 0.0769. The molecular weight excluding hydrogens is 396 g/mol. The minimum atomic E-state index is -0.423. The second-order valence-electron chi connectivity index (χ2n) is 7.52. The van der Waals surface area contributed by atoms with Gasteiger partial charge in [-0.2, -0.15) is 0 Å². The number of carbonyl (C=O) groups excluding carboxylic acids is 2. The summed E-state index contributed by atoms with van der Waals surface area (Å²) in [5, 5.41) is 0. The van der Waals surface area contributed by atoms with Crippen molar-refractivity contribution in [2.45, 2.75) is 13.0 Å². The van der Waals surface area contributed by atoms with E-state index in [4.69, 9.17) is 0 Å². The van der Waals surface area contributed by atoms with Crippen LogP contribution in [0.4, 0.5) is 8.78 Å². The first kappa shape index (κ1) is 19.1. The fourth-order valence-corrected chi connectivity index (χ4v) is 4.14. The number of hydrogen-bond donors (Lipinski definition) is 0. The molecule has 1 aromatic heterocycles. The third kappa shape index (κ3) is 3.28. The zero-order chi connectivity index (χ0) is 21.5. The van der Waals surface area contributed by atoms with E-state index in [0.29, 0.717) is 34.6 Å². The van der Waals surface area contributed by atoms with Gasteiger partial charge < -0.3 is 4.57 Å². The number of aromatic nitrogens is 1. The minimum absolute atomic E-state index is 0.279. The molecule has 2 heterocycles. The van der Waals surface area contributed by atoms with Crippen molar-refractivity contribution in [1.29, 1.82) is 0 Å². The van der Waals surface area contributed by atoms with Crippen molar-refractivity contribution in [3.8, 4) is 11.3 Å². The van der Waals surface area contributed by atoms with E-state index in [0.717, 1.165) is 17.5 Å². The summed E-state index contributed by atoms with van der Waals surface area (Å²) in [6.45, 7) is 0.547. The minimum Gasteiger partial charge on any atom is -0.337 e. The Hall–Kier alpha value is -3.86. The van der Waals surface area contributed by atoms with Gasteiger partial charge in [0.05, 0.1) is 11.4 Å². The van der Waals surface area contributed by atoms with Crippen LogP contribution in [0.3, 0.4) is 0 Å². The predicted molar refractivity (Wildman–Crippen MR) is 113 cm³/mol. The van der Waals surface area contributed by atoms with Crippen molar-refractivity contribution in [2.24, 2.45) is 0 Å². The van der Waals surface area contributed by atoms with E-state index in [1.54, 1.807) is 6.07 Å². The molecule has 3 aromatic carbocycles. The predicted octanol–water partition coefficient (Wildman–Crippen LogP) is 5.45. The molecular formula is C26H17F2NO2. The molecule has 0 amide bonds. The average Bonchev–Trinajstić information content (AvgIpc) is 3.19. The molecule has 31 heavy (non-hydrogen) atoms. The second kappa shape index (κ2) is 7.43. The van der Waals surface area contributed by atoms with E-state index in [1.165, 1.54) is 48.5 Å². The zero-order valence-electron chi connectivity index (χ0n) is 16.4.